The number of likely N-dealkylation sites (tertiary alicyclic amines) is 1. The number of halogens is 3. The van der Waals surface area contributed by atoms with Crippen molar-refractivity contribution in [3.8, 4) is 5.75 Å². The van der Waals surface area contributed by atoms with Crippen LogP contribution >= 0.6 is 0 Å². The number of hydrogen-bond donors (Lipinski definition) is 2. The molecular formula is C27H31F3N2O3. The molecule has 1 aliphatic heterocycles. The molecule has 2 aromatic rings. The van der Waals surface area contributed by atoms with Crippen molar-refractivity contribution in [2.75, 3.05) is 27.2 Å². The van der Waals surface area contributed by atoms with E-state index in [1.54, 1.807) is 7.11 Å². The fraction of sp³-hybridized carbons (Fsp3) is 0.444. The molecule has 1 heterocycles. The average Bonchev–Trinajstić information content (AvgIpc) is 2.83. The first-order valence-corrected chi connectivity index (χ1v) is 11.8. The summed E-state index contributed by atoms with van der Waals surface area (Å²) in [5, 5.41) is 14.1. The summed E-state index contributed by atoms with van der Waals surface area (Å²) in [6.45, 7) is 1.63. The van der Waals surface area contributed by atoms with Gasteiger partial charge >= 0.3 is 6.18 Å². The number of piperidine rings is 1. The normalized spacial score (nSPS) is 27.4. The van der Waals surface area contributed by atoms with E-state index in [1.807, 2.05) is 18.2 Å². The van der Waals surface area contributed by atoms with Crippen LogP contribution in [0.25, 0.3) is 6.08 Å². The van der Waals surface area contributed by atoms with Crippen LogP contribution in [0.1, 0.15) is 36.0 Å². The van der Waals surface area contributed by atoms with Gasteiger partial charge in [-0.1, -0.05) is 24.3 Å². The van der Waals surface area contributed by atoms with E-state index in [0.29, 0.717) is 18.4 Å². The highest BCUT2D eigenvalue weighted by molar-refractivity contribution is 5.92. The number of benzene rings is 2. The molecule has 2 N–H and O–H groups in total. The van der Waals surface area contributed by atoms with Gasteiger partial charge in [-0.05, 0) is 74.3 Å². The van der Waals surface area contributed by atoms with Crippen LogP contribution in [0.15, 0.2) is 54.6 Å². The number of ether oxygens (including phenoxy) is 1. The molecule has 2 aliphatic rings. The molecule has 0 spiro atoms. The van der Waals surface area contributed by atoms with Crippen molar-refractivity contribution in [3.05, 3.63) is 71.3 Å². The van der Waals surface area contributed by atoms with Crippen LogP contribution in [-0.2, 0) is 16.4 Å². The van der Waals surface area contributed by atoms with Crippen molar-refractivity contribution in [2.45, 2.75) is 43.0 Å². The zero-order chi connectivity index (χ0) is 25.2. The maximum atomic E-state index is 13.0. The number of rotatable bonds is 5. The Morgan fingerprint density at radius 2 is 2.00 bits per heavy atom. The third-order valence-corrected chi connectivity index (χ3v) is 7.39. The molecule has 1 saturated heterocycles. The maximum Gasteiger partial charge on any atom is 0.416 e. The molecule has 4 unspecified atom stereocenters. The molecule has 0 bridgehead atoms. The molecule has 35 heavy (non-hydrogen) atoms. The van der Waals surface area contributed by atoms with Gasteiger partial charge in [0, 0.05) is 30.0 Å². The zero-order valence-corrected chi connectivity index (χ0v) is 19.9. The van der Waals surface area contributed by atoms with Crippen LogP contribution in [0.4, 0.5) is 13.2 Å². The van der Waals surface area contributed by atoms with Gasteiger partial charge < -0.3 is 20.1 Å². The zero-order valence-electron chi connectivity index (χ0n) is 19.9. The molecule has 4 atom stereocenters. The molecule has 0 radical (unpaired) electrons. The number of carbonyl (C=O) groups is 1. The lowest BCUT2D eigenvalue weighted by Gasteiger charge is -2.54. The number of aliphatic hydroxyl groups is 1. The van der Waals surface area contributed by atoms with Gasteiger partial charge in [-0.3, -0.25) is 4.79 Å². The maximum absolute atomic E-state index is 13.0. The minimum absolute atomic E-state index is 0.0159. The number of amides is 1. The highest BCUT2D eigenvalue weighted by Crippen LogP contribution is 2.49. The van der Waals surface area contributed by atoms with Gasteiger partial charge in [-0.2, -0.15) is 13.2 Å². The summed E-state index contributed by atoms with van der Waals surface area (Å²) in [6, 6.07) is 12.5. The number of alkyl halides is 3. The fourth-order valence-corrected chi connectivity index (χ4v) is 5.66. The van der Waals surface area contributed by atoms with Gasteiger partial charge in [0.25, 0.3) is 0 Å². The van der Waals surface area contributed by atoms with E-state index in [-0.39, 0.29) is 17.4 Å². The van der Waals surface area contributed by atoms with Crippen molar-refractivity contribution in [2.24, 2.45) is 5.92 Å². The third-order valence-electron chi connectivity index (χ3n) is 7.39. The van der Waals surface area contributed by atoms with Crippen molar-refractivity contribution in [3.63, 3.8) is 0 Å². The summed E-state index contributed by atoms with van der Waals surface area (Å²) in [5.74, 6) is 0.369. The summed E-state index contributed by atoms with van der Waals surface area (Å²) in [6.07, 6.45) is -0.489. The Labute approximate surface area is 203 Å². The lowest BCUT2D eigenvalue weighted by atomic mass is 9.57. The molecular weight excluding hydrogens is 457 g/mol. The van der Waals surface area contributed by atoms with Crippen LogP contribution < -0.4 is 10.1 Å². The number of nitrogens with zero attached hydrogens (tertiary/aromatic N) is 1. The van der Waals surface area contributed by atoms with Gasteiger partial charge in [0.05, 0.1) is 18.8 Å². The second kappa shape index (κ2) is 10.0. The van der Waals surface area contributed by atoms with Crippen LogP contribution in [0.5, 0.6) is 5.75 Å². The Morgan fingerprint density at radius 3 is 2.74 bits per heavy atom. The molecule has 1 saturated carbocycles. The number of fused-ring (bicyclic) bond motifs is 1. The molecule has 5 nitrogen and oxygen atoms in total. The van der Waals surface area contributed by atoms with Gasteiger partial charge in [-0.25, -0.2) is 0 Å². The summed E-state index contributed by atoms with van der Waals surface area (Å²) >= 11 is 0. The van der Waals surface area contributed by atoms with Crippen molar-refractivity contribution in [1.82, 2.24) is 10.2 Å². The van der Waals surface area contributed by atoms with Crippen LogP contribution in [0.2, 0.25) is 0 Å². The Kier molecular flexibility index (Phi) is 7.24. The highest BCUT2D eigenvalue weighted by atomic mass is 19.4. The number of methoxy groups -OCH3 is 1. The molecule has 1 aliphatic carbocycles. The summed E-state index contributed by atoms with van der Waals surface area (Å²) in [4.78, 5) is 14.9. The van der Waals surface area contributed by atoms with Crippen molar-refractivity contribution >= 4 is 12.0 Å². The Morgan fingerprint density at radius 1 is 1.23 bits per heavy atom. The first-order chi connectivity index (χ1) is 16.6. The van der Waals surface area contributed by atoms with Crippen LogP contribution in [0.3, 0.4) is 0 Å². The summed E-state index contributed by atoms with van der Waals surface area (Å²) < 4.78 is 44.3. The summed E-state index contributed by atoms with van der Waals surface area (Å²) in [5.41, 5.74) is 0.305. The van der Waals surface area contributed by atoms with E-state index in [1.165, 1.54) is 24.3 Å². The van der Waals surface area contributed by atoms with E-state index >= 15 is 0 Å². The quantitative estimate of drug-likeness (QED) is 0.618. The molecule has 4 rings (SSSR count). The Bertz CT molecular complexity index is 1090. The predicted octanol–water partition coefficient (Wildman–Crippen LogP) is 4.26. The largest absolute Gasteiger partial charge is 0.497 e. The molecule has 8 heteroatoms. The van der Waals surface area contributed by atoms with E-state index in [0.717, 1.165) is 43.0 Å². The molecule has 1 amide bonds. The van der Waals surface area contributed by atoms with E-state index in [9.17, 15) is 23.1 Å². The number of hydrogen-bond acceptors (Lipinski definition) is 4. The highest BCUT2D eigenvalue weighted by Gasteiger charge is 2.51. The van der Waals surface area contributed by atoms with Gasteiger partial charge in [0.15, 0.2) is 0 Å². The minimum Gasteiger partial charge on any atom is -0.497 e. The second-order valence-electron chi connectivity index (χ2n) is 9.68. The van der Waals surface area contributed by atoms with E-state index in [2.05, 4.69) is 23.3 Å². The Balaban J connectivity index is 1.53. The topological polar surface area (TPSA) is 61.8 Å². The third kappa shape index (κ3) is 5.54. The van der Waals surface area contributed by atoms with Gasteiger partial charge in [0.1, 0.15) is 5.75 Å². The van der Waals surface area contributed by atoms with Gasteiger partial charge in [0.2, 0.25) is 5.91 Å². The first-order valence-electron chi connectivity index (χ1n) is 11.8. The molecule has 0 aromatic heterocycles. The first kappa shape index (κ1) is 25.3. The fourth-order valence-electron chi connectivity index (χ4n) is 5.66. The lowest BCUT2D eigenvalue weighted by Crippen LogP contribution is -2.60. The minimum atomic E-state index is -4.44. The SMILES string of the molecule is COc1cccc(C23CCN(C)CC2C(O)CC(NC(=O)C=Cc2cccc(C(F)(F)F)c2)C3)c1. The molecule has 2 fully saturated rings. The van der Waals surface area contributed by atoms with E-state index < -0.39 is 23.8 Å². The molecule has 188 valence electrons. The van der Waals surface area contributed by atoms with Crippen molar-refractivity contribution in [1.29, 1.82) is 0 Å². The number of aliphatic hydroxyl groups excluding tert-OH is 1. The number of carbonyl (C=O) groups excluding carboxylic acids is 1. The average molecular weight is 489 g/mol. The number of nitrogens with one attached hydrogen (secondary N) is 1. The predicted molar refractivity (Wildman–Crippen MR) is 128 cm³/mol. The smallest absolute Gasteiger partial charge is 0.416 e. The molecule has 2 aromatic carbocycles. The monoisotopic (exact) mass is 488 g/mol. The van der Waals surface area contributed by atoms with Crippen molar-refractivity contribution < 1.29 is 27.8 Å². The summed E-state index contributed by atoms with van der Waals surface area (Å²) in [7, 11) is 3.67. The van der Waals surface area contributed by atoms with Crippen LogP contribution in [-0.4, -0.2) is 55.3 Å². The standard InChI is InChI=1S/C27H31F3N2O3/c1-32-12-11-26(19-6-4-8-22(14-19)35-2)16-21(15-24(33)23(26)17-32)31-25(34)10-9-18-5-3-7-20(13-18)27(28,29)30/h3-10,13-14,21,23-24,33H,11-12,15-17H2,1-2H3,(H,31,34). The lowest BCUT2D eigenvalue weighted by molar-refractivity contribution is -0.137. The van der Waals surface area contributed by atoms with E-state index in [4.69, 9.17) is 4.74 Å². The second-order valence-corrected chi connectivity index (χ2v) is 9.68. The van der Waals surface area contributed by atoms with Gasteiger partial charge in [-0.15, -0.1) is 0 Å². The van der Waals surface area contributed by atoms with Crippen LogP contribution in [0, 0.1) is 5.92 Å². The Hall–Kier alpha value is -2.84.